The Morgan fingerprint density at radius 3 is 2.92 bits per heavy atom. The molecular weight excluding hydrogens is 170 g/mol. The zero-order chi connectivity index (χ0) is 9.84. The van der Waals surface area contributed by atoms with Crippen LogP contribution in [0.25, 0.3) is 0 Å². The summed E-state index contributed by atoms with van der Waals surface area (Å²) in [6.45, 7) is 2.09. The fourth-order valence-electron chi connectivity index (χ4n) is 1.03. The topological polar surface area (TPSA) is 56.1 Å². The van der Waals surface area contributed by atoms with Gasteiger partial charge in [0, 0.05) is 12.6 Å². The Kier molecular flexibility index (Phi) is 2.89. The van der Waals surface area contributed by atoms with Crippen LogP contribution in [-0.2, 0) is 16.6 Å². The largest absolute Gasteiger partial charge is 0.468 e. The quantitative estimate of drug-likeness (QED) is 0.685. The molecule has 1 rings (SSSR count). The number of methoxy groups -OCH3 is 1. The molecule has 0 aromatic carbocycles. The fraction of sp³-hybridized carbons (Fsp3) is 0.500. The van der Waals surface area contributed by atoms with Crippen LogP contribution >= 0.6 is 0 Å². The lowest BCUT2D eigenvalue weighted by Gasteiger charge is -2.05. The third-order valence-corrected chi connectivity index (χ3v) is 1.75. The zero-order valence-corrected chi connectivity index (χ0v) is 8.00. The molecule has 1 aromatic heterocycles. The predicted octanol–water partition coefficient (Wildman–Crippen LogP) is 0.313. The van der Waals surface area contributed by atoms with Crippen LogP contribution in [0.1, 0.15) is 5.56 Å². The van der Waals surface area contributed by atoms with Gasteiger partial charge in [0.25, 0.3) is 0 Å². The van der Waals surface area contributed by atoms with Crippen LogP contribution in [0.2, 0.25) is 0 Å². The summed E-state index contributed by atoms with van der Waals surface area (Å²) in [5.41, 5.74) is 1.01. The van der Waals surface area contributed by atoms with Gasteiger partial charge in [-0.2, -0.15) is 5.10 Å². The van der Waals surface area contributed by atoms with Crippen LogP contribution in [0.5, 0.6) is 0 Å². The normalized spacial score (nSPS) is 9.77. The van der Waals surface area contributed by atoms with E-state index in [1.807, 2.05) is 14.0 Å². The van der Waals surface area contributed by atoms with Crippen molar-refractivity contribution < 1.29 is 9.53 Å². The van der Waals surface area contributed by atoms with Gasteiger partial charge in [0.15, 0.2) is 0 Å². The third-order valence-electron chi connectivity index (χ3n) is 1.75. The van der Waals surface area contributed by atoms with Crippen molar-refractivity contribution in [3.05, 3.63) is 11.8 Å². The Bertz CT molecular complexity index is 287. The summed E-state index contributed by atoms with van der Waals surface area (Å²) in [6, 6.07) is 0. The highest BCUT2D eigenvalue weighted by Gasteiger charge is 2.05. The van der Waals surface area contributed by atoms with E-state index >= 15 is 0 Å². The summed E-state index contributed by atoms with van der Waals surface area (Å²) in [5, 5.41) is 6.96. The number of aryl methyl sites for hydroxylation is 2. The van der Waals surface area contributed by atoms with Crippen molar-refractivity contribution in [2.45, 2.75) is 6.92 Å². The molecule has 13 heavy (non-hydrogen) atoms. The SMILES string of the molecule is COC(=O)CNc1c(C)cnn1C. The highest BCUT2D eigenvalue weighted by molar-refractivity contribution is 5.74. The van der Waals surface area contributed by atoms with E-state index in [0.717, 1.165) is 11.4 Å². The van der Waals surface area contributed by atoms with Crippen LogP contribution in [-0.4, -0.2) is 29.4 Å². The van der Waals surface area contributed by atoms with Crippen molar-refractivity contribution in [3.8, 4) is 0 Å². The first-order valence-electron chi connectivity index (χ1n) is 3.94. The highest BCUT2D eigenvalue weighted by Crippen LogP contribution is 2.10. The zero-order valence-electron chi connectivity index (χ0n) is 8.00. The number of hydrogen-bond donors (Lipinski definition) is 1. The predicted molar refractivity (Wildman–Crippen MR) is 48.5 cm³/mol. The van der Waals surface area contributed by atoms with Gasteiger partial charge < -0.3 is 10.1 Å². The second-order valence-corrected chi connectivity index (χ2v) is 2.73. The average molecular weight is 183 g/mol. The van der Waals surface area contributed by atoms with E-state index in [4.69, 9.17) is 0 Å². The van der Waals surface area contributed by atoms with E-state index in [-0.39, 0.29) is 12.5 Å². The molecule has 0 saturated carbocycles. The molecule has 5 heteroatoms. The summed E-state index contributed by atoms with van der Waals surface area (Å²) < 4.78 is 6.18. The van der Waals surface area contributed by atoms with Gasteiger partial charge in [-0.3, -0.25) is 9.48 Å². The lowest BCUT2D eigenvalue weighted by Crippen LogP contribution is -2.17. The summed E-state index contributed by atoms with van der Waals surface area (Å²) in [4.78, 5) is 10.8. The molecule has 1 heterocycles. The van der Waals surface area contributed by atoms with Crippen LogP contribution in [0, 0.1) is 6.92 Å². The monoisotopic (exact) mass is 183 g/mol. The van der Waals surface area contributed by atoms with Crippen molar-refractivity contribution in [2.24, 2.45) is 7.05 Å². The van der Waals surface area contributed by atoms with Gasteiger partial charge in [-0.25, -0.2) is 0 Å². The number of aromatic nitrogens is 2. The molecule has 1 aromatic rings. The Morgan fingerprint density at radius 2 is 2.46 bits per heavy atom. The van der Waals surface area contributed by atoms with E-state index in [9.17, 15) is 4.79 Å². The first-order chi connectivity index (χ1) is 6.15. The molecule has 5 nitrogen and oxygen atoms in total. The van der Waals surface area contributed by atoms with Crippen molar-refractivity contribution in [3.63, 3.8) is 0 Å². The smallest absolute Gasteiger partial charge is 0.325 e. The van der Waals surface area contributed by atoms with Gasteiger partial charge in [-0.05, 0) is 6.92 Å². The maximum atomic E-state index is 10.8. The molecule has 0 radical (unpaired) electrons. The van der Waals surface area contributed by atoms with Gasteiger partial charge in [0.05, 0.1) is 13.3 Å². The van der Waals surface area contributed by atoms with Crippen molar-refractivity contribution in [2.75, 3.05) is 19.0 Å². The minimum Gasteiger partial charge on any atom is -0.468 e. The minimum absolute atomic E-state index is 0.164. The standard InChI is InChI=1S/C8H13N3O2/c1-6-4-10-11(2)8(6)9-5-7(12)13-3/h4,9H,5H2,1-3H3. The molecule has 0 saturated heterocycles. The molecule has 0 fully saturated rings. The van der Waals surface area contributed by atoms with Gasteiger partial charge in [-0.15, -0.1) is 0 Å². The second-order valence-electron chi connectivity index (χ2n) is 2.73. The van der Waals surface area contributed by atoms with Gasteiger partial charge in [0.1, 0.15) is 12.4 Å². The maximum absolute atomic E-state index is 10.8. The molecule has 1 N–H and O–H groups in total. The number of rotatable bonds is 3. The van der Waals surface area contributed by atoms with Gasteiger partial charge in [-0.1, -0.05) is 0 Å². The highest BCUT2D eigenvalue weighted by atomic mass is 16.5. The number of esters is 1. The Morgan fingerprint density at radius 1 is 1.77 bits per heavy atom. The van der Waals surface area contributed by atoms with E-state index < -0.39 is 0 Å². The first kappa shape index (κ1) is 9.57. The van der Waals surface area contributed by atoms with Gasteiger partial charge in [0.2, 0.25) is 0 Å². The molecule has 0 bridgehead atoms. The molecule has 0 aliphatic carbocycles. The summed E-state index contributed by atoms with van der Waals surface area (Å²) in [7, 11) is 3.17. The van der Waals surface area contributed by atoms with Crippen molar-refractivity contribution >= 4 is 11.8 Å². The number of ether oxygens (including phenoxy) is 1. The molecule has 0 aliphatic heterocycles. The summed E-state index contributed by atoms with van der Waals surface area (Å²) >= 11 is 0. The maximum Gasteiger partial charge on any atom is 0.325 e. The number of carbonyl (C=O) groups excluding carboxylic acids is 1. The number of nitrogens with one attached hydrogen (secondary N) is 1. The van der Waals surface area contributed by atoms with Crippen LogP contribution in [0.3, 0.4) is 0 Å². The number of hydrogen-bond acceptors (Lipinski definition) is 4. The second kappa shape index (κ2) is 3.93. The Balaban J connectivity index is 2.58. The van der Waals surface area contributed by atoms with E-state index in [2.05, 4.69) is 15.2 Å². The van der Waals surface area contributed by atoms with Crippen molar-refractivity contribution in [1.29, 1.82) is 0 Å². The summed E-state index contributed by atoms with van der Waals surface area (Å²) in [5.74, 6) is 0.547. The van der Waals surface area contributed by atoms with E-state index in [1.165, 1.54) is 7.11 Å². The van der Waals surface area contributed by atoms with Crippen molar-refractivity contribution in [1.82, 2.24) is 9.78 Å². The van der Waals surface area contributed by atoms with Crippen LogP contribution in [0.4, 0.5) is 5.82 Å². The molecule has 0 atom stereocenters. The number of carbonyl (C=O) groups is 1. The Labute approximate surface area is 76.7 Å². The Hall–Kier alpha value is -1.52. The number of nitrogens with zero attached hydrogens (tertiary/aromatic N) is 2. The van der Waals surface area contributed by atoms with Crippen LogP contribution in [0.15, 0.2) is 6.20 Å². The first-order valence-corrected chi connectivity index (χ1v) is 3.94. The minimum atomic E-state index is -0.291. The molecular formula is C8H13N3O2. The number of anilines is 1. The fourth-order valence-corrected chi connectivity index (χ4v) is 1.03. The molecule has 72 valence electrons. The molecule has 0 unspecified atom stereocenters. The summed E-state index contributed by atoms with van der Waals surface area (Å²) in [6.07, 6.45) is 1.74. The lowest BCUT2D eigenvalue weighted by atomic mass is 10.4. The van der Waals surface area contributed by atoms with E-state index in [1.54, 1.807) is 10.9 Å². The molecule has 0 amide bonds. The van der Waals surface area contributed by atoms with E-state index in [0.29, 0.717) is 0 Å². The lowest BCUT2D eigenvalue weighted by molar-refractivity contribution is -0.138. The van der Waals surface area contributed by atoms with Crippen LogP contribution < -0.4 is 5.32 Å². The van der Waals surface area contributed by atoms with Gasteiger partial charge >= 0.3 is 5.97 Å². The molecule has 0 spiro atoms. The average Bonchev–Trinajstić information content (AvgIpc) is 2.43. The third kappa shape index (κ3) is 2.21. The molecule has 0 aliphatic rings.